The second-order valence-corrected chi connectivity index (χ2v) is 6.91. The second kappa shape index (κ2) is 8.12. The second-order valence-electron chi connectivity index (χ2n) is 6.91. The maximum Gasteiger partial charge on any atom is 0.314 e. The summed E-state index contributed by atoms with van der Waals surface area (Å²) in [6, 6.07) is 16.0. The van der Waals surface area contributed by atoms with E-state index in [2.05, 4.69) is 32.3 Å². The molecule has 1 aromatic heterocycles. The molecule has 1 aliphatic heterocycles. The molecule has 6 heteroatoms. The SMILES string of the molecule is O=C(NCCCn1cnc2ccccc21)NC[C@H]1COc2ccccc2C1. The average molecular weight is 364 g/mol. The molecule has 0 aliphatic carbocycles. The van der Waals surface area contributed by atoms with Crippen LogP contribution < -0.4 is 15.4 Å². The monoisotopic (exact) mass is 364 g/mol. The van der Waals surface area contributed by atoms with Gasteiger partial charge in [-0.25, -0.2) is 9.78 Å². The van der Waals surface area contributed by atoms with Gasteiger partial charge in [0.15, 0.2) is 0 Å². The molecule has 2 aromatic carbocycles. The number of ether oxygens (including phenoxy) is 1. The summed E-state index contributed by atoms with van der Waals surface area (Å²) >= 11 is 0. The van der Waals surface area contributed by atoms with E-state index in [9.17, 15) is 4.79 Å². The number of fused-ring (bicyclic) bond motifs is 2. The molecule has 0 radical (unpaired) electrons. The molecule has 1 atom stereocenters. The third-order valence-electron chi connectivity index (χ3n) is 4.90. The standard InChI is InChI=1S/C21H24N4O2/c26-21(23-13-16-12-17-6-1-4-9-20(17)27-14-16)22-10-5-11-25-15-24-18-7-2-3-8-19(18)25/h1-4,6-9,15-16H,5,10-14H2,(H2,22,23,26)/t16-/m0/s1. The van der Waals surface area contributed by atoms with Crippen molar-refractivity contribution in [3.8, 4) is 5.75 Å². The molecular formula is C21H24N4O2. The topological polar surface area (TPSA) is 68.2 Å². The van der Waals surface area contributed by atoms with E-state index >= 15 is 0 Å². The van der Waals surface area contributed by atoms with Gasteiger partial charge in [0.25, 0.3) is 0 Å². The van der Waals surface area contributed by atoms with Gasteiger partial charge < -0.3 is 19.9 Å². The molecule has 140 valence electrons. The van der Waals surface area contributed by atoms with Gasteiger partial charge in [-0.2, -0.15) is 0 Å². The van der Waals surface area contributed by atoms with Crippen LogP contribution in [0.2, 0.25) is 0 Å². The van der Waals surface area contributed by atoms with Crippen LogP contribution >= 0.6 is 0 Å². The maximum absolute atomic E-state index is 12.0. The van der Waals surface area contributed by atoms with E-state index in [0.29, 0.717) is 25.6 Å². The molecule has 27 heavy (non-hydrogen) atoms. The summed E-state index contributed by atoms with van der Waals surface area (Å²) in [5, 5.41) is 5.88. The van der Waals surface area contributed by atoms with Crippen molar-refractivity contribution in [2.24, 2.45) is 5.92 Å². The Bertz CT molecular complexity index is 921. The number of aryl methyl sites for hydroxylation is 1. The largest absolute Gasteiger partial charge is 0.493 e. The quantitative estimate of drug-likeness (QED) is 0.661. The lowest BCUT2D eigenvalue weighted by atomic mass is 9.97. The Morgan fingerprint density at radius 3 is 2.96 bits per heavy atom. The van der Waals surface area contributed by atoms with E-state index in [1.54, 1.807) is 0 Å². The van der Waals surface area contributed by atoms with Crippen molar-refractivity contribution < 1.29 is 9.53 Å². The van der Waals surface area contributed by atoms with Crippen LogP contribution in [-0.4, -0.2) is 35.3 Å². The van der Waals surface area contributed by atoms with Gasteiger partial charge in [0.2, 0.25) is 0 Å². The fraction of sp³-hybridized carbons (Fsp3) is 0.333. The molecule has 0 spiro atoms. The van der Waals surface area contributed by atoms with Crippen LogP contribution in [0.15, 0.2) is 54.9 Å². The summed E-state index contributed by atoms with van der Waals surface area (Å²) in [7, 11) is 0. The van der Waals surface area contributed by atoms with Gasteiger partial charge in [0.05, 0.1) is 24.0 Å². The van der Waals surface area contributed by atoms with Crippen LogP contribution in [0.1, 0.15) is 12.0 Å². The number of carbonyl (C=O) groups excluding carboxylic acids is 1. The Morgan fingerprint density at radius 1 is 1.15 bits per heavy atom. The van der Waals surface area contributed by atoms with E-state index in [1.165, 1.54) is 5.56 Å². The maximum atomic E-state index is 12.0. The minimum atomic E-state index is -0.121. The molecule has 0 saturated carbocycles. The third kappa shape index (κ3) is 4.22. The summed E-state index contributed by atoms with van der Waals surface area (Å²) in [4.78, 5) is 16.4. The zero-order chi connectivity index (χ0) is 18.5. The summed E-state index contributed by atoms with van der Waals surface area (Å²) in [6.45, 7) is 2.72. The summed E-state index contributed by atoms with van der Waals surface area (Å²) in [6.07, 6.45) is 3.64. The first-order valence-corrected chi connectivity index (χ1v) is 9.42. The molecule has 6 nitrogen and oxygen atoms in total. The van der Waals surface area contributed by atoms with Crippen molar-refractivity contribution in [2.75, 3.05) is 19.7 Å². The van der Waals surface area contributed by atoms with E-state index in [-0.39, 0.29) is 6.03 Å². The highest BCUT2D eigenvalue weighted by molar-refractivity contribution is 5.75. The number of para-hydroxylation sites is 3. The Hall–Kier alpha value is -3.02. The first-order chi connectivity index (χ1) is 13.3. The Morgan fingerprint density at radius 2 is 2.00 bits per heavy atom. The number of carbonyl (C=O) groups is 1. The Kier molecular flexibility index (Phi) is 5.23. The van der Waals surface area contributed by atoms with Crippen molar-refractivity contribution in [2.45, 2.75) is 19.4 Å². The van der Waals surface area contributed by atoms with Crippen LogP contribution in [0, 0.1) is 5.92 Å². The summed E-state index contributed by atoms with van der Waals surface area (Å²) in [5.74, 6) is 1.27. The molecule has 2 N–H and O–H groups in total. The number of nitrogens with one attached hydrogen (secondary N) is 2. The molecule has 3 aromatic rings. The van der Waals surface area contributed by atoms with Gasteiger partial charge >= 0.3 is 6.03 Å². The lowest BCUT2D eigenvalue weighted by Gasteiger charge is -2.25. The van der Waals surface area contributed by atoms with E-state index < -0.39 is 0 Å². The smallest absolute Gasteiger partial charge is 0.314 e. The van der Waals surface area contributed by atoms with Crippen LogP contribution in [0.4, 0.5) is 4.79 Å². The van der Waals surface area contributed by atoms with E-state index in [0.717, 1.165) is 36.2 Å². The molecule has 0 unspecified atom stereocenters. The van der Waals surface area contributed by atoms with Crippen molar-refractivity contribution in [1.29, 1.82) is 0 Å². The van der Waals surface area contributed by atoms with Crippen LogP contribution in [0.25, 0.3) is 11.0 Å². The number of urea groups is 1. The van der Waals surface area contributed by atoms with Crippen LogP contribution in [0.3, 0.4) is 0 Å². The number of benzene rings is 2. The van der Waals surface area contributed by atoms with Gasteiger partial charge in [0, 0.05) is 25.6 Å². The predicted molar refractivity (Wildman–Crippen MR) is 105 cm³/mol. The number of imidazole rings is 1. The van der Waals surface area contributed by atoms with Gasteiger partial charge in [-0.3, -0.25) is 0 Å². The highest BCUT2D eigenvalue weighted by Gasteiger charge is 2.19. The number of aromatic nitrogens is 2. The fourth-order valence-corrected chi connectivity index (χ4v) is 3.46. The molecule has 1 aliphatic rings. The molecule has 4 rings (SSSR count). The zero-order valence-electron chi connectivity index (χ0n) is 15.2. The zero-order valence-corrected chi connectivity index (χ0v) is 15.2. The molecule has 2 heterocycles. The van der Waals surface area contributed by atoms with Crippen LogP contribution in [-0.2, 0) is 13.0 Å². The molecular weight excluding hydrogens is 340 g/mol. The predicted octanol–water partition coefficient (Wildman–Crippen LogP) is 2.98. The molecule has 2 amide bonds. The summed E-state index contributed by atoms with van der Waals surface area (Å²) < 4.78 is 7.88. The number of rotatable bonds is 6. The van der Waals surface area contributed by atoms with Gasteiger partial charge in [-0.1, -0.05) is 30.3 Å². The Labute approximate surface area is 158 Å². The fourth-order valence-electron chi connectivity index (χ4n) is 3.46. The molecule has 0 saturated heterocycles. The van der Waals surface area contributed by atoms with Crippen molar-refractivity contribution in [1.82, 2.24) is 20.2 Å². The minimum Gasteiger partial charge on any atom is -0.493 e. The average Bonchev–Trinajstić information content (AvgIpc) is 3.13. The highest BCUT2D eigenvalue weighted by atomic mass is 16.5. The number of amides is 2. The van der Waals surface area contributed by atoms with Gasteiger partial charge in [-0.15, -0.1) is 0 Å². The molecule has 0 bridgehead atoms. The number of hydrogen-bond donors (Lipinski definition) is 2. The third-order valence-corrected chi connectivity index (χ3v) is 4.90. The summed E-state index contributed by atoms with van der Waals surface area (Å²) in [5.41, 5.74) is 3.34. The minimum absolute atomic E-state index is 0.121. The lowest BCUT2D eigenvalue weighted by Crippen LogP contribution is -2.41. The first kappa shape index (κ1) is 17.4. The molecule has 0 fully saturated rings. The highest BCUT2D eigenvalue weighted by Crippen LogP contribution is 2.26. The van der Waals surface area contributed by atoms with E-state index in [4.69, 9.17) is 4.74 Å². The van der Waals surface area contributed by atoms with Crippen molar-refractivity contribution >= 4 is 17.1 Å². The Balaban J connectivity index is 1.16. The number of hydrogen-bond acceptors (Lipinski definition) is 3. The lowest BCUT2D eigenvalue weighted by molar-refractivity contribution is 0.211. The van der Waals surface area contributed by atoms with Gasteiger partial charge in [0.1, 0.15) is 5.75 Å². The normalized spacial score (nSPS) is 15.8. The van der Waals surface area contributed by atoms with Crippen molar-refractivity contribution in [3.05, 3.63) is 60.4 Å². The van der Waals surface area contributed by atoms with E-state index in [1.807, 2.05) is 42.7 Å². The first-order valence-electron chi connectivity index (χ1n) is 9.42. The van der Waals surface area contributed by atoms with Crippen molar-refractivity contribution in [3.63, 3.8) is 0 Å². The van der Waals surface area contributed by atoms with Gasteiger partial charge in [-0.05, 0) is 36.6 Å². The van der Waals surface area contributed by atoms with Crippen LogP contribution in [0.5, 0.6) is 5.75 Å². The number of nitrogens with zero attached hydrogens (tertiary/aromatic N) is 2.